The quantitative estimate of drug-likeness (QED) is 0.862. The third-order valence-electron chi connectivity index (χ3n) is 4.49. The molecule has 1 aliphatic carbocycles. The first kappa shape index (κ1) is 17.9. The van der Waals surface area contributed by atoms with Gasteiger partial charge >= 0.3 is 0 Å². The van der Waals surface area contributed by atoms with Crippen molar-refractivity contribution in [1.29, 1.82) is 0 Å². The van der Waals surface area contributed by atoms with Crippen molar-refractivity contribution in [3.8, 4) is 0 Å². The number of sulfonamides is 1. The molecule has 134 valence electrons. The van der Waals surface area contributed by atoms with Gasteiger partial charge in [-0.05, 0) is 50.1 Å². The highest BCUT2D eigenvalue weighted by Gasteiger charge is 2.30. The second kappa shape index (κ2) is 6.80. The zero-order chi connectivity index (χ0) is 18.1. The van der Waals surface area contributed by atoms with Crippen molar-refractivity contribution in [3.05, 3.63) is 54.1 Å². The fraction of sp³-hybridized carbons (Fsp3) is 0.333. The molecule has 1 saturated carbocycles. The van der Waals surface area contributed by atoms with Gasteiger partial charge in [-0.25, -0.2) is 16.8 Å². The molecule has 1 fully saturated rings. The first-order valence-corrected chi connectivity index (χ1v) is 11.3. The Labute approximate surface area is 149 Å². The average Bonchev–Trinajstić information content (AvgIpc) is 3.10. The van der Waals surface area contributed by atoms with E-state index in [1.165, 1.54) is 24.3 Å². The van der Waals surface area contributed by atoms with Crippen LogP contribution in [0.15, 0.2) is 58.3 Å². The first-order chi connectivity index (χ1) is 11.8. The molecule has 5 nitrogen and oxygen atoms in total. The standard InChI is InChI=1S/C18H21NO4S2/c1-14-9-11-17(12-10-14)25(22,23)19-15-5-4-8-18(13-15)24(20,21)16-6-2-3-7-16/h4-5,8-13,16,19H,2-3,6-7H2,1H3. The van der Waals surface area contributed by atoms with E-state index >= 15 is 0 Å². The SMILES string of the molecule is Cc1ccc(S(=O)(=O)Nc2cccc(S(=O)(=O)C3CCCC3)c2)cc1. The van der Waals surface area contributed by atoms with E-state index < -0.39 is 19.9 Å². The first-order valence-electron chi connectivity index (χ1n) is 8.22. The maximum absolute atomic E-state index is 12.7. The lowest BCUT2D eigenvalue weighted by Crippen LogP contribution is -2.18. The number of sulfone groups is 1. The smallest absolute Gasteiger partial charge is 0.261 e. The van der Waals surface area contributed by atoms with Crippen molar-refractivity contribution in [2.24, 2.45) is 0 Å². The van der Waals surface area contributed by atoms with Crippen LogP contribution in [0.5, 0.6) is 0 Å². The summed E-state index contributed by atoms with van der Waals surface area (Å²) < 4.78 is 52.8. The molecule has 0 spiro atoms. The molecular weight excluding hydrogens is 358 g/mol. The van der Waals surface area contributed by atoms with E-state index in [1.807, 2.05) is 6.92 Å². The highest BCUT2D eigenvalue weighted by Crippen LogP contribution is 2.30. The Morgan fingerprint density at radius 1 is 0.880 bits per heavy atom. The molecule has 0 saturated heterocycles. The van der Waals surface area contributed by atoms with E-state index in [2.05, 4.69) is 4.72 Å². The van der Waals surface area contributed by atoms with E-state index in [0.717, 1.165) is 18.4 Å². The number of aryl methyl sites for hydroxylation is 1. The summed E-state index contributed by atoms with van der Waals surface area (Å²) in [5.41, 5.74) is 1.21. The Morgan fingerprint density at radius 2 is 1.52 bits per heavy atom. The number of nitrogens with one attached hydrogen (secondary N) is 1. The molecule has 0 aromatic heterocycles. The highest BCUT2D eigenvalue weighted by atomic mass is 32.2. The Hall–Kier alpha value is -1.86. The van der Waals surface area contributed by atoms with E-state index in [9.17, 15) is 16.8 Å². The van der Waals surface area contributed by atoms with Crippen LogP contribution in [0, 0.1) is 6.92 Å². The predicted octanol–water partition coefficient (Wildman–Crippen LogP) is 3.51. The molecule has 1 aliphatic rings. The van der Waals surface area contributed by atoms with Crippen LogP contribution in [-0.2, 0) is 19.9 Å². The molecular formula is C18H21NO4S2. The zero-order valence-corrected chi connectivity index (χ0v) is 15.6. The molecule has 0 radical (unpaired) electrons. The van der Waals surface area contributed by atoms with Crippen LogP contribution in [-0.4, -0.2) is 22.1 Å². The molecule has 0 bridgehead atoms. The van der Waals surface area contributed by atoms with Crippen LogP contribution in [0.1, 0.15) is 31.2 Å². The van der Waals surface area contributed by atoms with Gasteiger partial charge in [0.2, 0.25) is 0 Å². The molecule has 25 heavy (non-hydrogen) atoms. The molecule has 0 amide bonds. The topological polar surface area (TPSA) is 80.3 Å². The maximum Gasteiger partial charge on any atom is 0.261 e. The van der Waals surface area contributed by atoms with Gasteiger partial charge in [0, 0.05) is 0 Å². The molecule has 2 aromatic rings. The normalized spacial score (nSPS) is 16.0. The van der Waals surface area contributed by atoms with Crippen LogP contribution in [0.2, 0.25) is 0 Å². The molecule has 2 aromatic carbocycles. The van der Waals surface area contributed by atoms with Gasteiger partial charge in [0.1, 0.15) is 0 Å². The van der Waals surface area contributed by atoms with Crippen LogP contribution in [0.3, 0.4) is 0 Å². The second-order valence-corrected chi connectivity index (χ2v) is 10.3. The number of benzene rings is 2. The molecule has 1 N–H and O–H groups in total. The Kier molecular flexibility index (Phi) is 4.88. The van der Waals surface area contributed by atoms with Gasteiger partial charge in [-0.3, -0.25) is 4.72 Å². The summed E-state index contributed by atoms with van der Waals surface area (Å²) in [7, 11) is -7.18. The summed E-state index contributed by atoms with van der Waals surface area (Å²) in [6.45, 7) is 1.88. The fourth-order valence-corrected chi connectivity index (χ4v) is 6.01. The molecule has 0 unspecified atom stereocenters. The summed E-state index contributed by atoms with van der Waals surface area (Å²) in [6, 6.07) is 12.5. The van der Waals surface area contributed by atoms with Crippen LogP contribution in [0.4, 0.5) is 5.69 Å². The summed E-state index contributed by atoms with van der Waals surface area (Å²) >= 11 is 0. The van der Waals surface area contributed by atoms with Gasteiger partial charge < -0.3 is 0 Å². The Bertz CT molecular complexity index is 958. The van der Waals surface area contributed by atoms with Gasteiger partial charge in [-0.1, -0.05) is 36.6 Å². The lowest BCUT2D eigenvalue weighted by Gasteiger charge is -2.13. The molecule has 0 heterocycles. The third kappa shape index (κ3) is 3.88. The van der Waals surface area contributed by atoms with Gasteiger partial charge in [-0.2, -0.15) is 0 Å². The largest absolute Gasteiger partial charge is 0.280 e. The van der Waals surface area contributed by atoms with Crippen LogP contribution < -0.4 is 4.72 Å². The Morgan fingerprint density at radius 3 is 2.16 bits per heavy atom. The van der Waals surface area contributed by atoms with E-state index in [-0.39, 0.29) is 20.7 Å². The van der Waals surface area contributed by atoms with Gasteiger partial charge in [0.05, 0.1) is 20.7 Å². The van der Waals surface area contributed by atoms with Crippen LogP contribution in [0.25, 0.3) is 0 Å². The zero-order valence-electron chi connectivity index (χ0n) is 14.0. The lowest BCUT2D eigenvalue weighted by molar-refractivity contribution is 0.579. The molecule has 0 atom stereocenters. The summed E-state index contributed by atoms with van der Waals surface area (Å²) in [6.07, 6.45) is 3.18. The lowest BCUT2D eigenvalue weighted by atomic mass is 10.2. The maximum atomic E-state index is 12.7. The van der Waals surface area contributed by atoms with Gasteiger partial charge in [-0.15, -0.1) is 0 Å². The molecule has 7 heteroatoms. The van der Waals surface area contributed by atoms with Gasteiger partial charge in [0.15, 0.2) is 9.84 Å². The molecule has 0 aliphatic heterocycles. The average molecular weight is 380 g/mol. The van der Waals surface area contributed by atoms with Crippen molar-refractivity contribution in [2.75, 3.05) is 4.72 Å². The van der Waals surface area contributed by atoms with Crippen molar-refractivity contribution in [3.63, 3.8) is 0 Å². The summed E-state index contributed by atoms with van der Waals surface area (Å²) in [5.74, 6) is 0. The summed E-state index contributed by atoms with van der Waals surface area (Å²) in [5, 5.41) is -0.364. The van der Waals surface area contributed by atoms with E-state index in [0.29, 0.717) is 12.8 Å². The third-order valence-corrected chi connectivity index (χ3v) is 8.14. The minimum atomic E-state index is -3.76. The van der Waals surface area contributed by atoms with Crippen molar-refractivity contribution < 1.29 is 16.8 Å². The van der Waals surface area contributed by atoms with E-state index in [4.69, 9.17) is 0 Å². The summed E-state index contributed by atoms with van der Waals surface area (Å²) in [4.78, 5) is 0.311. The van der Waals surface area contributed by atoms with Crippen molar-refractivity contribution in [2.45, 2.75) is 47.6 Å². The minimum absolute atomic E-state index is 0.141. The minimum Gasteiger partial charge on any atom is -0.280 e. The predicted molar refractivity (Wildman–Crippen MR) is 97.9 cm³/mol. The number of anilines is 1. The highest BCUT2D eigenvalue weighted by molar-refractivity contribution is 7.93. The number of rotatable bonds is 5. The monoisotopic (exact) mass is 379 g/mol. The van der Waals surface area contributed by atoms with E-state index in [1.54, 1.807) is 24.3 Å². The Balaban J connectivity index is 1.88. The van der Waals surface area contributed by atoms with Crippen molar-refractivity contribution in [1.82, 2.24) is 0 Å². The molecule has 3 rings (SSSR count). The number of hydrogen-bond acceptors (Lipinski definition) is 4. The van der Waals surface area contributed by atoms with Crippen molar-refractivity contribution >= 4 is 25.5 Å². The fourth-order valence-electron chi connectivity index (χ4n) is 3.06. The van der Waals surface area contributed by atoms with Crippen LogP contribution >= 0.6 is 0 Å². The second-order valence-electron chi connectivity index (χ2n) is 6.40. The number of hydrogen-bond donors (Lipinski definition) is 1. The van der Waals surface area contributed by atoms with Gasteiger partial charge in [0.25, 0.3) is 10.0 Å².